The molecule has 2 rings (SSSR count). The molecule has 0 atom stereocenters. The van der Waals surface area contributed by atoms with Gasteiger partial charge in [-0.05, 0) is 27.0 Å². The maximum atomic E-state index is 13.2. The molecule has 0 aliphatic carbocycles. The molecule has 0 amide bonds. The molecule has 19 heavy (non-hydrogen) atoms. The van der Waals surface area contributed by atoms with E-state index in [4.69, 9.17) is 4.74 Å². The molecule has 1 N–H and O–H groups in total. The number of nitrogens with one attached hydrogen (secondary N) is 1. The van der Waals surface area contributed by atoms with Crippen LogP contribution in [0.4, 0.5) is 4.39 Å². The summed E-state index contributed by atoms with van der Waals surface area (Å²) in [5.41, 5.74) is 0.666. The first-order valence-electron chi connectivity index (χ1n) is 6.11. The average molecular weight is 264 g/mol. The summed E-state index contributed by atoms with van der Waals surface area (Å²) in [6.45, 7) is 4.54. The van der Waals surface area contributed by atoms with E-state index in [1.165, 1.54) is 6.07 Å². The highest BCUT2D eigenvalue weighted by molar-refractivity contribution is 5.30. The number of ether oxygens (including phenoxy) is 1. The fourth-order valence-electron chi connectivity index (χ4n) is 1.64. The van der Waals surface area contributed by atoms with E-state index in [2.05, 4.69) is 15.4 Å². The van der Waals surface area contributed by atoms with Gasteiger partial charge in [0.05, 0.1) is 18.6 Å². The molecule has 0 saturated heterocycles. The summed E-state index contributed by atoms with van der Waals surface area (Å²) in [6.07, 6.45) is 4.55. The first-order valence-corrected chi connectivity index (χ1v) is 6.11. The molecule has 2 heterocycles. The monoisotopic (exact) mass is 264 g/mol. The number of hydrogen-bond donors (Lipinski definition) is 1. The largest absolute Gasteiger partial charge is 0.435 e. The Kier molecular flexibility index (Phi) is 4.11. The minimum Gasteiger partial charge on any atom is -0.435 e. The lowest BCUT2D eigenvalue weighted by Crippen LogP contribution is -2.07. The molecule has 2 aromatic heterocycles. The van der Waals surface area contributed by atoms with E-state index in [1.54, 1.807) is 24.1 Å². The Bertz CT molecular complexity index is 553. The van der Waals surface area contributed by atoms with Gasteiger partial charge in [-0.2, -0.15) is 5.10 Å². The molecule has 0 radical (unpaired) electrons. The number of hydrogen-bond acceptors (Lipinski definition) is 4. The Morgan fingerprint density at radius 3 is 2.84 bits per heavy atom. The van der Waals surface area contributed by atoms with E-state index in [1.807, 2.05) is 13.8 Å². The van der Waals surface area contributed by atoms with E-state index in [-0.39, 0.29) is 11.9 Å². The van der Waals surface area contributed by atoms with Crippen molar-refractivity contribution in [2.75, 3.05) is 7.05 Å². The van der Waals surface area contributed by atoms with Crippen LogP contribution in [0.15, 0.2) is 24.7 Å². The molecule has 0 aromatic carbocycles. The van der Waals surface area contributed by atoms with Crippen LogP contribution >= 0.6 is 0 Å². The van der Waals surface area contributed by atoms with Crippen LogP contribution in [0, 0.1) is 5.82 Å². The summed E-state index contributed by atoms with van der Waals surface area (Å²) in [4.78, 5) is 3.97. The zero-order valence-corrected chi connectivity index (χ0v) is 11.2. The van der Waals surface area contributed by atoms with E-state index in [0.29, 0.717) is 23.7 Å². The Hall–Kier alpha value is -1.95. The highest BCUT2D eigenvalue weighted by atomic mass is 19.1. The fraction of sp³-hybridized carbons (Fsp3) is 0.385. The van der Waals surface area contributed by atoms with Gasteiger partial charge in [0.2, 0.25) is 5.88 Å². The van der Waals surface area contributed by atoms with Gasteiger partial charge in [0.15, 0.2) is 5.75 Å². The van der Waals surface area contributed by atoms with Gasteiger partial charge in [-0.15, -0.1) is 0 Å². The minimum atomic E-state index is -0.379. The number of rotatable bonds is 5. The number of halogens is 1. The van der Waals surface area contributed by atoms with Crippen molar-refractivity contribution in [3.05, 3.63) is 36.0 Å². The number of nitrogens with zero attached hydrogens (tertiary/aromatic N) is 3. The SMILES string of the molecule is CNCc1cc(F)cnc1Oc1cnn(C(C)C)c1. The Labute approximate surface area is 111 Å². The van der Waals surface area contributed by atoms with Crippen LogP contribution in [-0.2, 0) is 6.54 Å². The molecule has 0 fully saturated rings. The van der Waals surface area contributed by atoms with Crippen LogP contribution in [-0.4, -0.2) is 21.8 Å². The van der Waals surface area contributed by atoms with E-state index >= 15 is 0 Å². The van der Waals surface area contributed by atoms with Crippen molar-refractivity contribution in [3.63, 3.8) is 0 Å². The Balaban J connectivity index is 2.21. The van der Waals surface area contributed by atoms with Crippen LogP contribution in [0.5, 0.6) is 11.6 Å². The molecule has 0 saturated carbocycles. The van der Waals surface area contributed by atoms with Gasteiger partial charge in [-0.25, -0.2) is 9.37 Å². The third-order valence-electron chi connectivity index (χ3n) is 2.58. The van der Waals surface area contributed by atoms with Crippen LogP contribution in [0.25, 0.3) is 0 Å². The molecular formula is C13H17FN4O. The first kappa shape index (κ1) is 13.5. The quantitative estimate of drug-likeness (QED) is 0.901. The van der Waals surface area contributed by atoms with Gasteiger partial charge in [-0.1, -0.05) is 0 Å². The predicted octanol–water partition coefficient (Wildman–Crippen LogP) is 2.51. The topological polar surface area (TPSA) is 52.0 Å². The van der Waals surface area contributed by atoms with E-state index in [9.17, 15) is 4.39 Å². The van der Waals surface area contributed by atoms with Crippen molar-refractivity contribution >= 4 is 0 Å². The molecule has 0 aliphatic heterocycles. The summed E-state index contributed by atoms with van der Waals surface area (Å²) >= 11 is 0. The van der Waals surface area contributed by atoms with Crippen molar-refractivity contribution in [3.8, 4) is 11.6 Å². The van der Waals surface area contributed by atoms with Gasteiger partial charge in [-0.3, -0.25) is 4.68 Å². The van der Waals surface area contributed by atoms with Crippen molar-refractivity contribution in [1.29, 1.82) is 0 Å². The molecule has 0 bridgehead atoms. The number of pyridine rings is 1. The lowest BCUT2D eigenvalue weighted by atomic mass is 10.2. The van der Waals surface area contributed by atoms with Crippen molar-refractivity contribution in [2.24, 2.45) is 0 Å². The van der Waals surface area contributed by atoms with Gasteiger partial charge in [0.1, 0.15) is 5.82 Å². The van der Waals surface area contributed by atoms with Crippen molar-refractivity contribution < 1.29 is 9.13 Å². The highest BCUT2D eigenvalue weighted by Crippen LogP contribution is 2.23. The fourth-order valence-corrected chi connectivity index (χ4v) is 1.64. The summed E-state index contributed by atoms with van der Waals surface area (Å²) in [6, 6.07) is 1.67. The van der Waals surface area contributed by atoms with Crippen LogP contribution < -0.4 is 10.1 Å². The third-order valence-corrected chi connectivity index (χ3v) is 2.58. The minimum absolute atomic E-state index is 0.260. The van der Waals surface area contributed by atoms with Gasteiger partial charge >= 0.3 is 0 Å². The molecule has 6 heteroatoms. The number of aromatic nitrogens is 3. The lowest BCUT2D eigenvalue weighted by molar-refractivity contribution is 0.447. The van der Waals surface area contributed by atoms with E-state index in [0.717, 1.165) is 6.20 Å². The van der Waals surface area contributed by atoms with Crippen LogP contribution in [0.2, 0.25) is 0 Å². The van der Waals surface area contributed by atoms with Gasteiger partial charge in [0, 0.05) is 18.2 Å². The Morgan fingerprint density at radius 1 is 1.42 bits per heavy atom. The summed E-state index contributed by atoms with van der Waals surface area (Å²) < 4.78 is 20.6. The zero-order chi connectivity index (χ0) is 13.8. The van der Waals surface area contributed by atoms with Crippen LogP contribution in [0.1, 0.15) is 25.5 Å². The second kappa shape index (κ2) is 5.79. The van der Waals surface area contributed by atoms with Crippen molar-refractivity contribution in [2.45, 2.75) is 26.4 Å². The molecule has 0 spiro atoms. The molecule has 102 valence electrons. The third kappa shape index (κ3) is 3.29. The maximum Gasteiger partial charge on any atom is 0.224 e. The Morgan fingerprint density at radius 2 is 2.21 bits per heavy atom. The standard InChI is InChI=1S/C13H17FN4O/c1-9(2)18-8-12(7-17-18)19-13-10(5-15-3)4-11(14)6-16-13/h4,6-9,15H,5H2,1-3H3. The molecule has 0 aliphatic rings. The predicted molar refractivity (Wildman–Crippen MR) is 69.6 cm³/mol. The summed E-state index contributed by atoms with van der Waals surface area (Å²) in [7, 11) is 1.78. The zero-order valence-electron chi connectivity index (χ0n) is 11.2. The van der Waals surface area contributed by atoms with Gasteiger partial charge in [0.25, 0.3) is 0 Å². The summed E-state index contributed by atoms with van der Waals surface area (Å²) in [5, 5.41) is 7.13. The molecule has 0 unspecified atom stereocenters. The van der Waals surface area contributed by atoms with Crippen LogP contribution in [0.3, 0.4) is 0 Å². The lowest BCUT2D eigenvalue weighted by Gasteiger charge is -2.08. The molecule has 5 nitrogen and oxygen atoms in total. The first-order chi connectivity index (χ1) is 9.10. The highest BCUT2D eigenvalue weighted by Gasteiger charge is 2.10. The normalized spacial score (nSPS) is 11.0. The second-order valence-electron chi connectivity index (χ2n) is 4.50. The molecular weight excluding hydrogens is 247 g/mol. The van der Waals surface area contributed by atoms with E-state index < -0.39 is 0 Å². The average Bonchev–Trinajstić information content (AvgIpc) is 2.82. The summed E-state index contributed by atoms with van der Waals surface area (Å²) in [5.74, 6) is 0.597. The second-order valence-corrected chi connectivity index (χ2v) is 4.50. The van der Waals surface area contributed by atoms with Crippen molar-refractivity contribution in [1.82, 2.24) is 20.1 Å². The smallest absolute Gasteiger partial charge is 0.224 e. The molecule has 2 aromatic rings. The van der Waals surface area contributed by atoms with Gasteiger partial charge < -0.3 is 10.1 Å². The maximum absolute atomic E-state index is 13.2.